The summed E-state index contributed by atoms with van der Waals surface area (Å²) in [7, 11) is 0. The van der Waals surface area contributed by atoms with Crippen LogP contribution in [0.25, 0.3) is 22.2 Å². The molecule has 1 fully saturated rings. The van der Waals surface area contributed by atoms with Crippen molar-refractivity contribution < 1.29 is 4.74 Å². The topological polar surface area (TPSA) is 76.8 Å². The molecule has 2 aromatic carbocycles. The molecule has 0 bridgehead atoms. The minimum Gasteiger partial charge on any atom is -0.457 e. The minimum absolute atomic E-state index is 0.487. The van der Waals surface area contributed by atoms with E-state index >= 15 is 0 Å². The van der Waals surface area contributed by atoms with Gasteiger partial charge >= 0.3 is 0 Å². The quantitative estimate of drug-likeness (QED) is 0.455. The second-order valence-electron chi connectivity index (χ2n) is 7.85. The van der Waals surface area contributed by atoms with Gasteiger partial charge in [0, 0.05) is 11.6 Å². The number of nitrogen functional groups attached to an aromatic ring is 1. The van der Waals surface area contributed by atoms with E-state index in [1.54, 1.807) is 0 Å². The Hall–Kier alpha value is -3.34. The highest BCUT2D eigenvalue weighted by Crippen LogP contribution is 2.38. The molecule has 1 aliphatic rings. The average molecular weight is 384 g/mol. The van der Waals surface area contributed by atoms with Gasteiger partial charge in [0.05, 0.1) is 5.39 Å². The van der Waals surface area contributed by atoms with E-state index in [1.165, 1.54) is 31.2 Å². The number of H-pyrrole nitrogens is 1. The Balaban J connectivity index is 1.50. The molecule has 0 aliphatic heterocycles. The Labute approximate surface area is 169 Å². The number of aromatic nitrogens is 3. The summed E-state index contributed by atoms with van der Waals surface area (Å²) in [6.45, 7) is 2.06. The number of hydrogen-bond acceptors (Lipinski definition) is 4. The number of benzene rings is 2. The van der Waals surface area contributed by atoms with E-state index in [1.807, 2.05) is 36.4 Å². The third-order valence-electron chi connectivity index (χ3n) is 5.77. The van der Waals surface area contributed by atoms with Gasteiger partial charge in [0.25, 0.3) is 0 Å². The third kappa shape index (κ3) is 3.44. The fourth-order valence-corrected chi connectivity index (χ4v) is 4.18. The van der Waals surface area contributed by atoms with Crippen molar-refractivity contribution in [3.05, 3.63) is 65.9 Å². The van der Waals surface area contributed by atoms with E-state index < -0.39 is 0 Å². The van der Waals surface area contributed by atoms with Gasteiger partial charge in [-0.1, -0.05) is 42.7 Å². The number of nitrogens with zero attached hydrogens (tertiary/aromatic N) is 2. The predicted molar refractivity (Wildman–Crippen MR) is 116 cm³/mol. The first-order valence-electron chi connectivity index (χ1n) is 10.2. The Morgan fingerprint density at radius 2 is 1.62 bits per heavy atom. The van der Waals surface area contributed by atoms with E-state index in [-0.39, 0.29) is 0 Å². The average Bonchev–Trinajstić information content (AvgIpc) is 3.40. The lowest BCUT2D eigenvalue weighted by Gasteiger charge is -2.13. The molecule has 146 valence electrons. The molecular formula is C24H24N4O. The molecule has 0 unspecified atom stereocenters. The molecule has 3 N–H and O–H groups in total. The van der Waals surface area contributed by atoms with Crippen LogP contribution in [0.2, 0.25) is 0 Å². The van der Waals surface area contributed by atoms with Crippen molar-refractivity contribution in [2.24, 2.45) is 0 Å². The highest BCUT2D eigenvalue weighted by Gasteiger charge is 2.22. The number of hydrogen-bond donors (Lipinski definition) is 2. The number of nitrogens with two attached hydrogens (primary N) is 1. The van der Waals surface area contributed by atoms with Crippen molar-refractivity contribution in [3.8, 4) is 22.6 Å². The van der Waals surface area contributed by atoms with Crippen LogP contribution in [0.3, 0.4) is 0 Å². The van der Waals surface area contributed by atoms with Crippen LogP contribution >= 0.6 is 0 Å². The predicted octanol–water partition coefficient (Wildman–Crippen LogP) is 5.97. The van der Waals surface area contributed by atoms with Crippen LogP contribution in [0.4, 0.5) is 5.82 Å². The van der Waals surface area contributed by atoms with E-state index in [0.717, 1.165) is 39.4 Å². The Kier molecular flexibility index (Phi) is 4.43. The van der Waals surface area contributed by atoms with Gasteiger partial charge in [0.15, 0.2) is 11.5 Å². The molecule has 0 atom stereocenters. The van der Waals surface area contributed by atoms with Gasteiger partial charge in [0.2, 0.25) is 0 Å². The highest BCUT2D eigenvalue weighted by molar-refractivity contribution is 6.00. The summed E-state index contributed by atoms with van der Waals surface area (Å²) in [5, 5.41) is 8.08. The number of aryl methyl sites for hydroxylation is 1. The van der Waals surface area contributed by atoms with Gasteiger partial charge in [0.1, 0.15) is 11.5 Å². The Morgan fingerprint density at radius 1 is 0.966 bits per heavy atom. The second kappa shape index (κ2) is 7.24. The fourth-order valence-electron chi connectivity index (χ4n) is 4.18. The molecule has 1 aliphatic carbocycles. The summed E-state index contributed by atoms with van der Waals surface area (Å²) in [6, 6.07) is 18.4. The van der Waals surface area contributed by atoms with Gasteiger partial charge in [-0.15, -0.1) is 0 Å². The van der Waals surface area contributed by atoms with Gasteiger partial charge in [-0.25, -0.2) is 4.98 Å². The summed E-state index contributed by atoms with van der Waals surface area (Å²) in [6.07, 6.45) is 4.95. The highest BCUT2D eigenvalue weighted by atomic mass is 16.5. The van der Waals surface area contributed by atoms with Crippen LogP contribution in [-0.2, 0) is 0 Å². The minimum atomic E-state index is 0.487. The van der Waals surface area contributed by atoms with Crippen molar-refractivity contribution in [3.63, 3.8) is 0 Å². The van der Waals surface area contributed by atoms with Crippen LogP contribution in [0.15, 0.2) is 54.6 Å². The molecule has 0 amide bonds. The van der Waals surface area contributed by atoms with E-state index in [0.29, 0.717) is 11.7 Å². The normalized spacial score (nSPS) is 14.5. The molecule has 0 radical (unpaired) electrons. The molecule has 4 aromatic rings. The van der Waals surface area contributed by atoms with Crippen LogP contribution in [0.1, 0.15) is 42.9 Å². The van der Waals surface area contributed by atoms with Crippen LogP contribution in [0, 0.1) is 6.92 Å². The smallest absolute Gasteiger partial charge is 0.158 e. The zero-order chi connectivity index (χ0) is 19.8. The molecule has 5 rings (SSSR count). The molecule has 2 aromatic heterocycles. The monoisotopic (exact) mass is 384 g/mol. The van der Waals surface area contributed by atoms with Crippen molar-refractivity contribution in [1.29, 1.82) is 0 Å². The van der Waals surface area contributed by atoms with Crippen molar-refractivity contribution >= 4 is 16.9 Å². The number of aromatic amines is 1. The van der Waals surface area contributed by atoms with Gasteiger partial charge < -0.3 is 10.5 Å². The molecule has 0 spiro atoms. The second-order valence-corrected chi connectivity index (χ2v) is 7.85. The summed E-state index contributed by atoms with van der Waals surface area (Å²) >= 11 is 0. The lowest BCUT2D eigenvalue weighted by molar-refractivity contribution is 0.482. The lowest BCUT2D eigenvalue weighted by Crippen LogP contribution is -1.98. The van der Waals surface area contributed by atoms with Gasteiger partial charge in [-0.05, 0) is 61.2 Å². The van der Waals surface area contributed by atoms with Crippen LogP contribution in [-0.4, -0.2) is 15.2 Å². The van der Waals surface area contributed by atoms with E-state index in [4.69, 9.17) is 15.5 Å². The maximum atomic E-state index is 6.16. The number of rotatable bonds is 4. The number of pyridine rings is 1. The summed E-state index contributed by atoms with van der Waals surface area (Å²) in [5.41, 5.74) is 11.4. The maximum absolute atomic E-state index is 6.16. The fraction of sp³-hybridized carbons (Fsp3) is 0.250. The van der Waals surface area contributed by atoms with Crippen LogP contribution < -0.4 is 10.5 Å². The first-order chi connectivity index (χ1) is 14.2. The number of nitrogens with one attached hydrogen (secondary N) is 1. The summed E-state index contributed by atoms with van der Waals surface area (Å²) in [5.74, 6) is 2.64. The molecule has 1 saturated carbocycles. The van der Waals surface area contributed by atoms with Crippen molar-refractivity contribution in [2.75, 3.05) is 5.73 Å². The standard InChI is InChI=1S/C24H24N4O/c1-15-6-10-18(11-7-15)29-19-12-8-16(9-13-19)20-14-21(17-4-2-3-5-17)26-24-22(20)23(25)27-28-24/h6-14,17H,2-5H2,1H3,(H3,25,26,27,28). The number of anilines is 1. The molecule has 5 nitrogen and oxygen atoms in total. The molecule has 0 saturated heterocycles. The lowest BCUT2D eigenvalue weighted by atomic mass is 9.97. The molecule has 29 heavy (non-hydrogen) atoms. The summed E-state index contributed by atoms with van der Waals surface area (Å²) < 4.78 is 5.97. The SMILES string of the molecule is Cc1ccc(Oc2ccc(-c3cc(C4CCCC4)nc4[nH]nc(N)c34)cc2)cc1. The number of ether oxygens (including phenoxy) is 1. The van der Waals surface area contributed by atoms with Crippen molar-refractivity contribution in [2.45, 2.75) is 38.5 Å². The van der Waals surface area contributed by atoms with Gasteiger partial charge in [-0.2, -0.15) is 5.10 Å². The zero-order valence-electron chi connectivity index (χ0n) is 16.5. The first kappa shape index (κ1) is 17.7. The Morgan fingerprint density at radius 3 is 2.31 bits per heavy atom. The van der Waals surface area contributed by atoms with Crippen molar-refractivity contribution in [1.82, 2.24) is 15.2 Å². The molecule has 2 heterocycles. The zero-order valence-corrected chi connectivity index (χ0v) is 16.5. The van der Waals surface area contributed by atoms with E-state index in [2.05, 4.69) is 35.3 Å². The third-order valence-corrected chi connectivity index (χ3v) is 5.77. The largest absolute Gasteiger partial charge is 0.457 e. The van der Waals surface area contributed by atoms with E-state index in [9.17, 15) is 0 Å². The molecular weight excluding hydrogens is 360 g/mol. The van der Waals surface area contributed by atoms with Crippen LogP contribution in [0.5, 0.6) is 11.5 Å². The number of fused-ring (bicyclic) bond motifs is 1. The summed E-state index contributed by atoms with van der Waals surface area (Å²) in [4.78, 5) is 4.82. The Bertz CT molecular complexity index is 1140. The first-order valence-corrected chi connectivity index (χ1v) is 10.2. The maximum Gasteiger partial charge on any atom is 0.158 e. The molecule has 5 heteroatoms. The van der Waals surface area contributed by atoms with Gasteiger partial charge in [-0.3, -0.25) is 5.10 Å².